The predicted molar refractivity (Wildman–Crippen MR) is 102 cm³/mol. The molecule has 2 aromatic rings. The number of aromatic nitrogens is 1. The van der Waals surface area contributed by atoms with Crippen molar-refractivity contribution >= 4 is 23.3 Å². The Kier molecular flexibility index (Phi) is 4.58. The first-order chi connectivity index (χ1) is 13.1. The number of rotatable bonds is 5. The number of amides is 2. The highest BCUT2D eigenvalue weighted by atomic mass is 16.2. The molecule has 2 heterocycles. The second kappa shape index (κ2) is 7.19. The molecule has 2 aliphatic rings. The molecule has 1 N–H and O–H groups in total. The van der Waals surface area contributed by atoms with Crippen molar-refractivity contribution in [1.82, 2.24) is 15.3 Å². The summed E-state index contributed by atoms with van der Waals surface area (Å²) in [6, 6.07) is 13.4. The summed E-state index contributed by atoms with van der Waals surface area (Å²) in [4.78, 5) is 35.7. The van der Waals surface area contributed by atoms with E-state index in [0.29, 0.717) is 12.2 Å². The number of amidine groups is 1. The van der Waals surface area contributed by atoms with Gasteiger partial charge in [-0.15, -0.1) is 0 Å². The Morgan fingerprint density at radius 2 is 2.00 bits per heavy atom. The Labute approximate surface area is 157 Å². The highest BCUT2D eigenvalue weighted by Crippen LogP contribution is 2.28. The first-order valence-corrected chi connectivity index (χ1v) is 9.03. The van der Waals surface area contributed by atoms with E-state index < -0.39 is 0 Å². The van der Waals surface area contributed by atoms with Crippen LogP contribution in [0.1, 0.15) is 24.1 Å². The molecule has 27 heavy (non-hydrogen) atoms. The molecule has 0 atom stereocenters. The molecule has 0 saturated heterocycles. The normalized spacial score (nSPS) is 16.6. The molecule has 0 unspecified atom stereocenters. The van der Waals surface area contributed by atoms with Crippen LogP contribution < -0.4 is 10.4 Å². The second-order valence-corrected chi connectivity index (χ2v) is 6.83. The molecule has 1 aromatic carbocycles. The lowest BCUT2D eigenvalue weighted by atomic mass is 10.2. The van der Waals surface area contributed by atoms with Gasteiger partial charge in [0, 0.05) is 12.2 Å². The third-order valence-corrected chi connectivity index (χ3v) is 4.64. The number of aryl methyl sites for hydroxylation is 1. The number of hydrogen-bond donors (Lipinski definition) is 1. The Hall–Kier alpha value is -3.22. The highest BCUT2D eigenvalue weighted by molar-refractivity contribution is 6.39. The molecule has 7 heteroatoms. The van der Waals surface area contributed by atoms with Crippen molar-refractivity contribution in [3.8, 4) is 0 Å². The van der Waals surface area contributed by atoms with Gasteiger partial charge < -0.3 is 4.90 Å². The predicted octanol–water partition coefficient (Wildman–Crippen LogP) is 1.83. The zero-order valence-corrected chi connectivity index (χ0v) is 15.1. The fourth-order valence-corrected chi connectivity index (χ4v) is 2.99. The topological polar surface area (TPSA) is 77.9 Å². The van der Waals surface area contributed by atoms with Crippen LogP contribution in [0.25, 0.3) is 0 Å². The first-order valence-electron chi connectivity index (χ1n) is 9.03. The highest BCUT2D eigenvalue weighted by Gasteiger charge is 2.36. The van der Waals surface area contributed by atoms with Crippen molar-refractivity contribution in [3.63, 3.8) is 0 Å². The van der Waals surface area contributed by atoms with Crippen LogP contribution in [0.3, 0.4) is 0 Å². The van der Waals surface area contributed by atoms with Gasteiger partial charge in [0.2, 0.25) is 5.84 Å². The third kappa shape index (κ3) is 3.81. The third-order valence-electron chi connectivity index (χ3n) is 4.64. The summed E-state index contributed by atoms with van der Waals surface area (Å²) >= 11 is 0. The average molecular weight is 363 g/mol. The fourth-order valence-electron chi connectivity index (χ4n) is 2.99. The molecule has 1 aliphatic carbocycles. The maximum absolute atomic E-state index is 13.1. The van der Waals surface area contributed by atoms with Gasteiger partial charge in [0.05, 0.1) is 17.9 Å². The van der Waals surface area contributed by atoms with Crippen molar-refractivity contribution in [2.24, 2.45) is 4.99 Å². The number of benzene rings is 1. The number of carbonyl (C=O) groups is 2. The van der Waals surface area contributed by atoms with Gasteiger partial charge in [-0.3, -0.25) is 25.0 Å². The van der Waals surface area contributed by atoms with Crippen LogP contribution in [-0.4, -0.2) is 40.1 Å². The average Bonchev–Trinajstić information content (AvgIpc) is 3.53. The van der Waals surface area contributed by atoms with E-state index in [1.807, 2.05) is 49.4 Å². The first kappa shape index (κ1) is 17.2. The van der Waals surface area contributed by atoms with E-state index in [0.717, 1.165) is 24.1 Å². The zero-order chi connectivity index (χ0) is 18.8. The molecule has 138 valence electrons. The van der Waals surface area contributed by atoms with E-state index in [-0.39, 0.29) is 30.2 Å². The van der Waals surface area contributed by atoms with Crippen molar-refractivity contribution in [2.45, 2.75) is 32.4 Å². The SMILES string of the molecule is Cc1ccc(N2NC(C(=O)N(Cc3ccccn3)C3CC3)=NCC2=O)cc1. The molecule has 1 fully saturated rings. The standard InChI is InChI=1S/C20H21N5O2/c1-14-5-7-17(8-6-14)25-18(26)12-22-19(23-25)20(27)24(16-9-10-16)13-15-4-2-3-11-21-15/h2-8,11,16H,9-10,12-13H2,1H3,(H,22,23). The summed E-state index contributed by atoms with van der Waals surface area (Å²) in [5.74, 6) is -0.205. The minimum Gasteiger partial charge on any atom is -0.327 e. The van der Waals surface area contributed by atoms with Crippen LogP contribution in [0, 0.1) is 6.92 Å². The molecule has 4 rings (SSSR count). The molecule has 7 nitrogen and oxygen atoms in total. The molecular weight excluding hydrogens is 342 g/mol. The Balaban J connectivity index is 1.53. The minimum atomic E-state index is -0.201. The van der Waals surface area contributed by atoms with Crippen LogP contribution in [0.5, 0.6) is 0 Å². The van der Waals surface area contributed by atoms with Crippen LogP contribution in [-0.2, 0) is 16.1 Å². The van der Waals surface area contributed by atoms with Gasteiger partial charge in [-0.25, -0.2) is 5.01 Å². The van der Waals surface area contributed by atoms with Crippen LogP contribution in [0.15, 0.2) is 53.7 Å². The van der Waals surface area contributed by atoms with E-state index in [1.54, 1.807) is 11.1 Å². The lowest BCUT2D eigenvalue weighted by Crippen LogP contribution is -2.56. The number of carbonyl (C=O) groups excluding carboxylic acids is 2. The lowest BCUT2D eigenvalue weighted by Gasteiger charge is -2.30. The summed E-state index contributed by atoms with van der Waals surface area (Å²) in [5.41, 5.74) is 5.53. The van der Waals surface area contributed by atoms with E-state index in [9.17, 15) is 9.59 Å². The summed E-state index contributed by atoms with van der Waals surface area (Å²) in [6.07, 6.45) is 3.68. The number of hydrogen-bond acceptors (Lipinski definition) is 5. The van der Waals surface area contributed by atoms with Gasteiger partial charge >= 0.3 is 0 Å². The van der Waals surface area contributed by atoms with Crippen molar-refractivity contribution < 1.29 is 9.59 Å². The van der Waals surface area contributed by atoms with Gasteiger partial charge in [-0.2, -0.15) is 0 Å². The zero-order valence-electron chi connectivity index (χ0n) is 15.1. The monoisotopic (exact) mass is 363 g/mol. The molecule has 0 spiro atoms. The fraction of sp³-hybridized carbons (Fsp3) is 0.300. The quantitative estimate of drug-likeness (QED) is 0.879. The maximum Gasteiger partial charge on any atom is 0.291 e. The van der Waals surface area contributed by atoms with Gasteiger partial charge in [0.15, 0.2) is 0 Å². The Bertz CT molecular complexity index is 875. The van der Waals surface area contributed by atoms with Gasteiger partial charge in [-0.05, 0) is 44.0 Å². The molecule has 0 radical (unpaired) electrons. The summed E-state index contributed by atoms with van der Waals surface area (Å²) in [7, 11) is 0. The van der Waals surface area contributed by atoms with Crippen LogP contribution in [0.4, 0.5) is 5.69 Å². The number of pyridine rings is 1. The largest absolute Gasteiger partial charge is 0.327 e. The molecule has 0 bridgehead atoms. The summed E-state index contributed by atoms with van der Waals surface area (Å²) in [6.45, 7) is 2.37. The van der Waals surface area contributed by atoms with Crippen molar-refractivity contribution in [3.05, 3.63) is 59.9 Å². The molecule has 1 aromatic heterocycles. The maximum atomic E-state index is 13.1. The Morgan fingerprint density at radius 1 is 1.22 bits per heavy atom. The summed E-state index contributed by atoms with van der Waals surface area (Å²) < 4.78 is 0. The van der Waals surface area contributed by atoms with E-state index in [1.165, 1.54) is 5.01 Å². The minimum absolute atomic E-state index is 0.0515. The second-order valence-electron chi connectivity index (χ2n) is 6.83. The van der Waals surface area contributed by atoms with Crippen molar-refractivity contribution in [2.75, 3.05) is 11.6 Å². The van der Waals surface area contributed by atoms with Crippen molar-refractivity contribution in [1.29, 1.82) is 0 Å². The number of hydrazine groups is 1. The van der Waals surface area contributed by atoms with Gasteiger partial charge in [0.25, 0.3) is 11.8 Å². The number of anilines is 1. The Morgan fingerprint density at radius 3 is 2.67 bits per heavy atom. The van der Waals surface area contributed by atoms with Crippen LogP contribution in [0.2, 0.25) is 0 Å². The lowest BCUT2D eigenvalue weighted by molar-refractivity contribution is -0.125. The summed E-state index contributed by atoms with van der Waals surface area (Å²) in [5, 5.41) is 1.39. The molecule has 1 saturated carbocycles. The molecular formula is C20H21N5O2. The van der Waals surface area contributed by atoms with Gasteiger partial charge in [0.1, 0.15) is 6.54 Å². The number of nitrogens with zero attached hydrogens (tertiary/aromatic N) is 4. The van der Waals surface area contributed by atoms with Gasteiger partial charge in [-0.1, -0.05) is 23.8 Å². The number of aliphatic imine (C=N–C) groups is 1. The van der Waals surface area contributed by atoms with E-state index >= 15 is 0 Å². The molecule has 1 aliphatic heterocycles. The van der Waals surface area contributed by atoms with Crippen LogP contribution >= 0.6 is 0 Å². The van der Waals surface area contributed by atoms with E-state index in [4.69, 9.17) is 0 Å². The number of nitrogens with one attached hydrogen (secondary N) is 1. The smallest absolute Gasteiger partial charge is 0.291 e. The van der Waals surface area contributed by atoms with E-state index in [2.05, 4.69) is 15.4 Å². The molecule has 2 amide bonds.